The van der Waals surface area contributed by atoms with Crippen LogP contribution in [-0.2, 0) is 0 Å². The number of fused-ring (bicyclic) bond motifs is 2. The largest absolute Gasteiger partial charge is 0.354 e. The van der Waals surface area contributed by atoms with E-state index in [1.807, 2.05) is 24.3 Å². The molecule has 0 bridgehead atoms. The van der Waals surface area contributed by atoms with Crippen LogP contribution in [0.1, 0.15) is 0 Å². The molecule has 0 radical (unpaired) electrons. The van der Waals surface area contributed by atoms with Gasteiger partial charge in [0.25, 0.3) is 0 Å². The topological polar surface area (TPSA) is 24.9 Å². The molecule has 0 fully saturated rings. The van der Waals surface area contributed by atoms with Gasteiger partial charge in [0.2, 0.25) is 0 Å². The number of benzene rings is 2. The molecule has 0 aliphatic carbocycles. The summed E-state index contributed by atoms with van der Waals surface area (Å²) in [6, 6.07) is 14.3. The van der Waals surface area contributed by atoms with Crippen molar-refractivity contribution in [3.8, 4) is 11.1 Å². The first kappa shape index (κ1) is 9.92. The van der Waals surface area contributed by atoms with Gasteiger partial charge in [-0.15, -0.1) is 0 Å². The van der Waals surface area contributed by atoms with Crippen LogP contribution in [0.25, 0.3) is 22.0 Å². The number of para-hydroxylation sites is 1. The second kappa shape index (κ2) is 3.47. The molecule has 3 aromatic rings. The standard InChI is InChI=1S/C15H9ClN2/c16-10-8-17-12-6-3-7-13-15(12)14(10)9-4-1-2-5-11(9)18-13/h1-8,18H. The zero-order valence-electron chi connectivity index (χ0n) is 9.44. The Morgan fingerprint density at radius 3 is 2.72 bits per heavy atom. The minimum Gasteiger partial charge on any atom is -0.354 e. The average molecular weight is 253 g/mol. The third-order valence-electron chi connectivity index (χ3n) is 3.31. The summed E-state index contributed by atoms with van der Waals surface area (Å²) >= 11 is 6.35. The molecule has 1 N–H and O–H groups in total. The quantitative estimate of drug-likeness (QED) is 0.494. The fraction of sp³-hybridized carbons (Fsp3) is 0. The van der Waals surface area contributed by atoms with Gasteiger partial charge in [0.15, 0.2) is 0 Å². The van der Waals surface area contributed by atoms with E-state index >= 15 is 0 Å². The Labute approximate surface area is 109 Å². The summed E-state index contributed by atoms with van der Waals surface area (Å²) in [6.45, 7) is 0. The van der Waals surface area contributed by atoms with Gasteiger partial charge in [0.05, 0.1) is 10.5 Å². The predicted octanol–water partition coefficient (Wildman–Crippen LogP) is 4.61. The van der Waals surface area contributed by atoms with Crippen LogP contribution in [0.2, 0.25) is 5.02 Å². The molecule has 1 aliphatic heterocycles. The van der Waals surface area contributed by atoms with E-state index < -0.39 is 0 Å². The van der Waals surface area contributed by atoms with Crippen molar-refractivity contribution in [3.05, 3.63) is 53.7 Å². The number of hydrogen-bond donors (Lipinski definition) is 1. The number of hydrogen-bond acceptors (Lipinski definition) is 2. The predicted molar refractivity (Wildman–Crippen MR) is 75.5 cm³/mol. The molecule has 4 rings (SSSR count). The highest BCUT2D eigenvalue weighted by molar-refractivity contribution is 6.36. The highest BCUT2D eigenvalue weighted by Gasteiger charge is 2.20. The zero-order chi connectivity index (χ0) is 12.1. The molecule has 18 heavy (non-hydrogen) atoms. The Morgan fingerprint density at radius 1 is 0.944 bits per heavy atom. The molecule has 0 saturated carbocycles. The molecule has 2 aromatic carbocycles. The molecule has 1 aliphatic rings. The SMILES string of the molecule is Clc1cnc2cccc3c2c1-c1ccccc1N3. The summed E-state index contributed by atoms with van der Waals surface area (Å²) in [5, 5.41) is 5.23. The number of pyridine rings is 1. The minimum absolute atomic E-state index is 0.698. The van der Waals surface area contributed by atoms with Crippen molar-refractivity contribution in [2.75, 3.05) is 5.32 Å². The molecule has 0 atom stereocenters. The van der Waals surface area contributed by atoms with Crippen LogP contribution < -0.4 is 5.32 Å². The fourth-order valence-corrected chi connectivity index (χ4v) is 2.79. The van der Waals surface area contributed by atoms with Crippen molar-refractivity contribution in [1.29, 1.82) is 0 Å². The van der Waals surface area contributed by atoms with E-state index in [4.69, 9.17) is 11.6 Å². The minimum atomic E-state index is 0.698. The van der Waals surface area contributed by atoms with E-state index in [0.29, 0.717) is 5.02 Å². The van der Waals surface area contributed by atoms with Gasteiger partial charge in [-0.05, 0) is 18.2 Å². The lowest BCUT2D eigenvalue weighted by molar-refractivity contribution is 1.40. The molecule has 86 valence electrons. The highest BCUT2D eigenvalue weighted by atomic mass is 35.5. The molecule has 0 spiro atoms. The van der Waals surface area contributed by atoms with Crippen LogP contribution >= 0.6 is 11.6 Å². The van der Waals surface area contributed by atoms with Gasteiger partial charge < -0.3 is 5.32 Å². The van der Waals surface area contributed by atoms with Crippen molar-refractivity contribution in [3.63, 3.8) is 0 Å². The Kier molecular flexibility index (Phi) is 1.91. The number of aromatic nitrogens is 1. The lowest BCUT2D eigenvalue weighted by atomic mass is 9.95. The molecule has 2 nitrogen and oxygen atoms in total. The lowest BCUT2D eigenvalue weighted by Crippen LogP contribution is -2.01. The van der Waals surface area contributed by atoms with E-state index in [9.17, 15) is 0 Å². The average Bonchev–Trinajstić information content (AvgIpc) is 2.41. The van der Waals surface area contributed by atoms with E-state index in [-0.39, 0.29) is 0 Å². The Morgan fingerprint density at radius 2 is 1.78 bits per heavy atom. The van der Waals surface area contributed by atoms with Crippen molar-refractivity contribution in [1.82, 2.24) is 4.98 Å². The first-order valence-electron chi connectivity index (χ1n) is 5.78. The van der Waals surface area contributed by atoms with Gasteiger partial charge in [0.1, 0.15) is 0 Å². The number of nitrogens with one attached hydrogen (secondary N) is 1. The first-order chi connectivity index (χ1) is 8.84. The van der Waals surface area contributed by atoms with Crippen molar-refractivity contribution in [2.24, 2.45) is 0 Å². The molecular formula is C15H9ClN2. The molecule has 0 saturated heterocycles. The van der Waals surface area contributed by atoms with Gasteiger partial charge in [-0.1, -0.05) is 35.9 Å². The molecule has 3 heteroatoms. The van der Waals surface area contributed by atoms with Crippen molar-refractivity contribution in [2.45, 2.75) is 0 Å². The Balaban J connectivity index is 2.25. The summed E-state index contributed by atoms with van der Waals surface area (Å²) in [6.07, 6.45) is 1.73. The molecule has 1 aromatic heterocycles. The van der Waals surface area contributed by atoms with Crippen LogP contribution in [0.4, 0.5) is 11.4 Å². The first-order valence-corrected chi connectivity index (χ1v) is 6.16. The van der Waals surface area contributed by atoms with Crippen LogP contribution in [0.3, 0.4) is 0 Å². The van der Waals surface area contributed by atoms with E-state index in [1.165, 1.54) is 0 Å². The molecule has 0 unspecified atom stereocenters. The highest BCUT2D eigenvalue weighted by Crippen LogP contribution is 2.45. The maximum absolute atomic E-state index is 6.35. The summed E-state index contributed by atoms with van der Waals surface area (Å²) in [4.78, 5) is 4.39. The maximum Gasteiger partial charge on any atom is 0.0730 e. The summed E-state index contributed by atoms with van der Waals surface area (Å²) in [5.74, 6) is 0. The smallest absolute Gasteiger partial charge is 0.0730 e. The lowest BCUT2D eigenvalue weighted by Gasteiger charge is -2.22. The monoisotopic (exact) mass is 252 g/mol. The fourth-order valence-electron chi connectivity index (χ4n) is 2.54. The number of rotatable bonds is 0. The van der Waals surface area contributed by atoms with Gasteiger partial charge in [-0.25, -0.2) is 0 Å². The summed E-state index contributed by atoms with van der Waals surface area (Å²) in [5.41, 5.74) is 5.33. The summed E-state index contributed by atoms with van der Waals surface area (Å²) < 4.78 is 0. The van der Waals surface area contributed by atoms with Gasteiger partial charge in [-0.3, -0.25) is 4.98 Å². The van der Waals surface area contributed by atoms with Gasteiger partial charge in [-0.2, -0.15) is 0 Å². The second-order valence-electron chi connectivity index (χ2n) is 4.35. The Bertz CT molecular complexity index is 781. The third-order valence-corrected chi connectivity index (χ3v) is 3.60. The van der Waals surface area contributed by atoms with E-state index in [0.717, 1.165) is 33.4 Å². The van der Waals surface area contributed by atoms with E-state index in [2.05, 4.69) is 28.5 Å². The van der Waals surface area contributed by atoms with Gasteiger partial charge >= 0.3 is 0 Å². The number of anilines is 2. The van der Waals surface area contributed by atoms with Crippen LogP contribution in [0.15, 0.2) is 48.7 Å². The normalized spacial score (nSPS) is 12.1. The number of nitrogens with zero attached hydrogens (tertiary/aromatic N) is 1. The van der Waals surface area contributed by atoms with E-state index in [1.54, 1.807) is 6.20 Å². The van der Waals surface area contributed by atoms with Crippen LogP contribution in [-0.4, -0.2) is 4.98 Å². The van der Waals surface area contributed by atoms with Crippen LogP contribution in [0, 0.1) is 0 Å². The van der Waals surface area contributed by atoms with Crippen molar-refractivity contribution < 1.29 is 0 Å². The third kappa shape index (κ3) is 1.21. The molecule has 0 amide bonds. The maximum atomic E-state index is 6.35. The van der Waals surface area contributed by atoms with Crippen molar-refractivity contribution >= 4 is 33.9 Å². The number of halogens is 1. The Hall–Kier alpha value is -2.06. The molecular weight excluding hydrogens is 244 g/mol. The van der Waals surface area contributed by atoms with Gasteiger partial charge in [0, 0.05) is 34.1 Å². The second-order valence-corrected chi connectivity index (χ2v) is 4.76. The van der Waals surface area contributed by atoms with Crippen LogP contribution in [0.5, 0.6) is 0 Å². The zero-order valence-corrected chi connectivity index (χ0v) is 10.2. The molecule has 2 heterocycles. The summed E-state index contributed by atoms with van der Waals surface area (Å²) in [7, 11) is 0.